The highest BCUT2D eigenvalue weighted by atomic mass is 32.2. The van der Waals surface area contributed by atoms with Gasteiger partial charge in [0, 0.05) is 29.4 Å². The van der Waals surface area contributed by atoms with E-state index in [0.717, 1.165) is 33.6 Å². The second-order valence-electron chi connectivity index (χ2n) is 7.99. The molecule has 1 amide bonds. The van der Waals surface area contributed by atoms with E-state index in [9.17, 15) is 22.4 Å². The van der Waals surface area contributed by atoms with Gasteiger partial charge in [0.05, 0.1) is 11.4 Å². The third-order valence-corrected chi connectivity index (χ3v) is 6.17. The molecule has 0 saturated carbocycles. The lowest BCUT2D eigenvalue weighted by Gasteiger charge is -2.08. The molecule has 0 unspecified atom stereocenters. The molecule has 9 heteroatoms. The van der Waals surface area contributed by atoms with Gasteiger partial charge in [-0.2, -0.15) is 0 Å². The summed E-state index contributed by atoms with van der Waals surface area (Å²) >= 11 is 1.24. The first kappa shape index (κ1) is 24.5. The first-order valence-corrected chi connectivity index (χ1v) is 11.7. The summed E-state index contributed by atoms with van der Waals surface area (Å²) < 4.78 is 54.3. The van der Waals surface area contributed by atoms with E-state index in [1.54, 1.807) is 0 Å². The number of nitrogens with one attached hydrogen (secondary N) is 2. The van der Waals surface area contributed by atoms with Gasteiger partial charge >= 0.3 is 0 Å². The average Bonchev–Trinajstić information content (AvgIpc) is 3.25. The molecule has 0 aliphatic carbocycles. The van der Waals surface area contributed by atoms with Crippen molar-refractivity contribution in [3.8, 4) is 22.5 Å². The van der Waals surface area contributed by atoms with E-state index >= 15 is 0 Å². The number of halogens is 4. The molecule has 0 spiro atoms. The minimum Gasteiger partial charge on any atom is -0.332 e. The third kappa shape index (κ3) is 5.57. The van der Waals surface area contributed by atoms with Crippen LogP contribution in [-0.4, -0.2) is 21.6 Å². The predicted octanol–water partition coefficient (Wildman–Crippen LogP) is 7.04. The number of aryl methyl sites for hydroxylation is 2. The zero-order valence-electron chi connectivity index (χ0n) is 18.9. The molecule has 0 atom stereocenters. The number of benzene rings is 3. The summed E-state index contributed by atoms with van der Waals surface area (Å²) in [5.74, 6) is -7.05. The lowest BCUT2D eigenvalue weighted by molar-refractivity contribution is -0.115. The number of carbonyl (C=O) groups is 1. The molecule has 180 valence electrons. The van der Waals surface area contributed by atoms with Gasteiger partial charge in [-0.3, -0.25) is 4.79 Å². The number of thioether (sulfide) groups is 1. The van der Waals surface area contributed by atoms with Crippen LogP contribution in [0.25, 0.3) is 22.5 Å². The fourth-order valence-electron chi connectivity index (χ4n) is 3.39. The van der Waals surface area contributed by atoms with E-state index < -0.39 is 34.9 Å². The Morgan fingerprint density at radius 3 is 2.00 bits per heavy atom. The van der Waals surface area contributed by atoms with E-state index in [1.165, 1.54) is 11.8 Å². The highest BCUT2D eigenvalue weighted by Crippen LogP contribution is 2.33. The van der Waals surface area contributed by atoms with Gasteiger partial charge in [0.25, 0.3) is 0 Å². The number of nitrogens with zero attached hydrogens (tertiary/aromatic N) is 1. The van der Waals surface area contributed by atoms with E-state index in [1.807, 2.05) is 67.7 Å². The van der Waals surface area contributed by atoms with Crippen molar-refractivity contribution in [3.05, 3.63) is 89.0 Å². The fourth-order valence-corrected chi connectivity index (χ4v) is 4.21. The molecule has 3 aromatic carbocycles. The molecule has 4 nitrogen and oxygen atoms in total. The van der Waals surface area contributed by atoms with Crippen molar-refractivity contribution in [1.29, 1.82) is 0 Å². The van der Waals surface area contributed by atoms with Crippen molar-refractivity contribution in [2.75, 3.05) is 11.1 Å². The molecule has 4 aromatic rings. The number of hydrogen-bond donors (Lipinski definition) is 2. The largest absolute Gasteiger partial charge is 0.332 e. The molecule has 1 aromatic heterocycles. The number of aromatic nitrogens is 2. The molecular weight excluding hydrogens is 478 g/mol. The van der Waals surface area contributed by atoms with Gasteiger partial charge in [-0.15, -0.1) is 0 Å². The van der Waals surface area contributed by atoms with E-state index in [4.69, 9.17) is 4.98 Å². The van der Waals surface area contributed by atoms with Crippen LogP contribution in [0.15, 0.2) is 59.8 Å². The van der Waals surface area contributed by atoms with Crippen molar-refractivity contribution < 1.29 is 22.4 Å². The summed E-state index contributed by atoms with van der Waals surface area (Å²) in [5, 5.41) is 2.47. The topological polar surface area (TPSA) is 57.8 Å². The quantitative estimate of drug-likeness (QED) is 0.163. The SMILES string of the molecule is Cc1ccc(-c2nc(SCCC(=O)Nc3c(F)c(F)cc(F)c3F)[nH]c2-c2ccc(C)cc2)cc1. The summed E-state index contributed by atoms with van der Waals surface area (Å²) in [7, 11) is 0. The number of aromatic amines is 1. The highest BCUT2D eigenvalue weighted by Gasteiger charge is 2.21. The molecule has 0 bridgehead atoms. The molecular formula is C26H21F4N3OS. The molecule has 2 N–H and O–H groups in total. The zero-order chi connectivity index (χ0) is 25.1. The Morgan fingerprint density at radius 1 is 0.886 bits per heavy atom. The normalized spacial score (nSPS) is 11.0. The lowest BCUT2D eigenvalue weighted by Crippen LogP contribution is -2.16. The van der Waals surface area contributed by atoms with E-state index in [-0.39, 0.29) is 18.2 Å². The Bertz CT molecular complexity index is 1280. The highest BCUT2D eigenvalue weighted by molar-refractivity contribution is 7.99. The maximum atomic E-state index is 13.8. The molecule has 0 aliphatic rings. The van der Waals surface area contributed by atoms with Crippen LogP contribution in [0.2, 0.25) is 0 Å². The second kappa shape index (κ2) is 10.4. The van der Waals surface area contributed by atoms with Crippen molar-refractivity contribution in [2.24, 2.45) is 0 Å². The smallest absolute Gasteiger partial charge is 0.225 e. The maximum Gasteiger partial charge on any atom is 0.225 e. The van der Waals surface area contributed by atoms with Gasteiger partial charge in [-0.25, -0.2) is 22.5 Å². The van der Waals surface area contributed by atoms with Crippen molar-refractivity contribution >= 4 is 23.4 Å². The molecule has 35 heavy (non-hydrogen) atoms. The third-order valence-electron chi connectivity index (χ3n) is 5.29. The standard InChI is InChI=1S/C26H21F4N3OS/c1-14-3-7-16(8-4-14)23-24(17-9-5-15(2)6-10-17)33-26(32-23)35-12-11-20(34)31-25-21(29)18(27)13-19(28)22(25)30/h3-10,13H,11-12H2,1-2H3,(H,31,34)(H,32,33). The fraction of sp³-hybridized carbons (Fsp3) is 0.154. The van der Waals surface area contributed by atoms with Crippen molar-refractivity contribution in [3.63, 3.8) is 0 Å². The molecule has 0 radical (unpaired) electrons. The first-order valence-electron chi connectivity index (χ1n) is 10.7. The average molecular weight is 500 g/mol. The van der Waals surface area contributed by atoms with Crippen molar-refractivity contribution in [1.82, 2.24) is 9.97 Å². The van der Waals surface area contributed by atoms with Gasteiger partial charge in [0.15, 0.2) is 28.4 Å². The number of carbonyl (C=O) groups excluding carboxylic acids is 1. The Hall–Kier alpha value is -3.59. The second-order valence-corrected chi connectivity index (χ2v) is 9.07. The minimum absolute atomic E-state index is 0.0876. The molecule has 4 rings (SSSR count). The van der Waals surface area contributed by atoms with Gasteiger partial charge < -0.3 is 10.3 Å². The van der Waals surface area contributed by atoms with Crippen LogP contribution >= 0.6 is 11.8 Å². The van der Waals surface area contributed by atoms with Crippen LogP contribution in [0.4, 0.5) is 23.2 Å². The minimum atomic E-state index is -1.65. The van der Waals surface area contributed by atoms with Crippen LogP contribution in [0.5, 0.6) is 0 Å². The number of amides is 1. The Balaban J connectivity index is 1.50. The predicted molar refractivity (Wildman–Crippen MR) is 129 cm³/mol. The summed E-state index contributed by atoms with van der Waals surface area (Å²) in [6, 6.07) is 16.0. The summed E-state index contributed by atoms with van der Waals surface area (Å²) in [4.78, 5) is 20.2. The van der Waals surface area contributed by atoms with Gasteiger partial charge in [0.2, 0.25) is 5.91 Å². The maximum absolute atomic E-state index is 13.8. The Labute approximate surface area is 203 Å². The molecule has 0 fully saturated rings. The van der Waals surface area contributed by atoms with Crippen LogP contribution in [0, 0.1) is 37.1 Å². The number of rotatable bonds is 7. The summed E-state index contributed by atoms with van der Waals surface area (Å²) in [5.41, 5.74) is 4.54. The van der Waals surface area contributed by atoms with Crippen LogP contribution in [0.3, 0.4) is 0 Å². The van der Waals surface area contributed by atoms with Gasteiger partial charge in [0.1, 0.15) is 5.69 Å². The number of anilines is 1. The Kier molecular flexibility index (Phi) is 7.25. The number of imidazole rings is 1. The molecule has 1 heterocycles. The number of hydrogen-bond acceptors (Lipinski definition) is 3. The van der Waals surface area contributed by atoms with Gasteiger partial charge in [-0.1, -0.05) is 71.4 Å². The summed E-state index contributed by atoms with van der Waals surface area (Å²) in [6.45, 7) is 4.00. The molecule has 0 aliphatic heterocycles. The van der Waals surface area contributed by atoms with Crippen LogP contribution in [-0.2, 0) is 4.79 Å². The van der Waals surface area contributed by atoms with Crippen LogP contribution < -0.4 is 5.32 Å². The van der Waals surface area contributed by atoms with E-state index in [2.05, 4.69) is 4.98 Å². The van der Waals surface area contributed by atoms with E-state index in [0.29, 0.717) is 5.16 Å². The zero-order valence-corrected chi connectivity index (χ0v) is 19.7. The molecule has 0 saturated heterocycles. The summed E-state index contributed by atoms with van der Waals surface area (Å²) in [6.07, 6.45) is -0.165. The number of H-pyrrole nitrogens is 1. The van der Waals surface area contributed by atoms with Crippen molar-refractivity contribution in [2.45, 2.75) is 25.4 Å². The lowest BCUT2D eigenvalue weighted by atomic mass is 10.0. The Morgan fingerprint density at radius 2 is 1.43 bits per heavy atom. The first-order chi connectivity index (χ1) is 16.7. The van der Waals surface area contributed by atoms with Gasteiger partial charge in [-0.05, 0) is 13.8 Å². The van der Waals surface area contributed by atoms with Crippen LogP contribution in [0.1, 0.15) is 17.5 Å². The monoisotopic (exact) mass is 499 g/mol.